The molecule has 30 heavy (non-hydrogen) atoms. The van der Waals surface area contributed by atoms with Crippen LogP contribution in [-0.4, -0.2) is 48.5 Å². The molecular formula is C24H28Cl2N2O2. The van der Waals surface area contributed by atoms with Crippen molar-refractivity contribution in [3.8, 4) is 5.75 Å². The number of aryl methyl sites for hydroxylation is 1. The molecule has 0 bridgehead atoms. The maximum Gasteiger partial charge on any atom is 0.260 e. The standard InChI is InChI=1S/C24H28Cl2N2O2/c1-27(23(29)16-30-18-11-12-20(25)21(26)15-18)24-19-9-3-2-7-17(19)8-6-10-22(24)28-13-4-5-14-28/h2-3,7,9,11-12,15,22,24H,4-6,8,10,13-14,16H2,1H3/t22-,24-/m0/s1. The number of ether oxygens (including phenoxy) is 1. The lowest BCUT2D eigenvalue weighted by molar-refractivity contribution is -0.135. The van der Waals surface area contributed by atoms with Gasteiger partial charge in [0.25, 0.3) is 5.91 Å². The Morgan fingerprint density at radius 3 is 2.63 bits per heavy atom. The summed E-state index contributed by atoms with van der Waals surface area (Å²) in [6.45, 7) is 2.20. The number of hydrogen-bond donors (Lipinski definition) is 0. The molecule has 2 atom stereocenters. The number of likely N-dealkylation sites (tertiary alicyclic amines) is 1. The van der Waals surface area contributed by atoms with E-state index in [1.807, 2.05) is 11.9 Å². The molecule has 4 nitrogen and oxygen atoms in total. The Morgan fingerprint density at radius 2 is 1.87 bits per heavy atom. The number of nitrogens with zero attached hydrogens (tertiary/aromatic N) is 2. The lowest BCUT2D eigenvalue weighted by Gasteiger charge is -2.39. The average Bonchev–Trinajstić information content (AvgIpc) is 3.22. The van der Waals surface area contributed by atoms with Crippen molar-refractivity contribution in [3.05, 3.63) is 63.6 Å². The van der Waals surface area contributed by atoms with Crippen LogP contribution in [0.2, 0.25) is 10.0 Å². The van der Waals surface area contributed by atoms with E-state index in [2.05, 4.69) is 29.2 Å². The number of rotatable bonds is 5. The van der Waals surface area contributed by atoms with Crippen molar-refractivity contribution in [1.29, 1.82) is 0 Å². The van der Waals surface area contributed by atoms with E-state index in [-0.39, 0.29) is 18.6 Å². The first kappa shape index (κ1) is 21.5. The largest absolute Gasteiger partial charge is 0.484 e. The molecule has 1 amide bonds. The summed E-state index contributed by atoms with van der Waals surface area (Å²) in [6, 6.07) is 14.0. The number of likely N-dealkylation sites (N-methyl/N-ethyl adjacent to an activating group) is 1. The molecule has 0 saturated carbocycles. The van der Waals surface area contributed by atoms with Crippen molar-refractivity contribution >= 4 is 29.1 Å². The summed E-state index contributed by atoms with van der Waals surface area (Å²) in [4.78, 5) is 17.6. The van der Waals surface area contributed by atoms with Gasteiger partial charge in [0.05, 0.1) is 16.1 Å². The normalized spacial score (nSPS) is 21.7. The minimum Gasteiger partial charge on any atom is -0.484 e. The van der Waals surface area contributed by atoms with Gasteiger partial charge in [0, 0.05) is 19.2 Å². The van der Waals surface area contributed by atoms with E-state index in [9.17, 15) is 4.79 Å². The van der Waals surface area contributed by atoms with Crippen LogP contribution in [0.25, 0.3) is 0 Å². The molecule has 0 spiro atoms. The van der Waals surface area contributed by atoms with Crippen LogP contribution in [0.3, 0.4) is 0 Å². The van der Waals surface area contributed by atoms with Gasteiger partial charge >= 0.3 is 0 Å². The summed E-state index contributed by atoms with van der Waals surface area (Å²) in [5.41, 5.74) is 2.63. The average molecular weight is 447 g/mol. The topological polar surface area (TPSA) is 32.8 Å². The van der Waals surface area contributed by atoms with E-state index in [0.717, 1.165) is 32.4 Å². The first-order valence-electron chi connectivity index (χ1n) is 10.7. The molecule has 1 fully saturated rings. The highest BCUT2D eigenvalue weighted by Gasteiger charge is 2.37. The summed E-state index contributed by atoms with van der Waals surface area (Å²) in [5, 5.41) is 0.887. The van der Waals surface area contributed by atoms with Crippen molar-refractivity contribution in [2.75, 3.05) is 26.7 Å². The Labute approximate surface area is 188 Å². The van der Waals surface area contributed by atoms with Crippen LogP contribution in [0.4, 0.5) is 0 Å². The Balaban J connectivity index is 1.55. The smallest absolute Gasteiger partial charge is 0.260 e. The number of fused-ring (bicyclic) bond motifs is 1. The second-order valence-electron chi connectivity index (χ2n) is 8.22. The third-order valence-corrected chi connectivity index (χ3v) is 7.10. The van der Waals surface area contributed by atoms with Gasteiger partial charge in [-0.25, -0.2) is 0 Å². The quantitative estimate of drug-likeness (QED) is 0.578. The van der Waals surface area contributed by atoms with Crippen LogP contribution in [0.15, 0.2) is 42.5 Å². The van der Waals surface area contributed by atoms with Crippen molar-refractivity contribution < 1.29 is 9.53 Å². The second-order valence-corrected chi connectivity index (χ2v) is 9.03. The molecule has 160 valence electrons. The van der Waals surface area contributed by atoms with Crippen LogP contribution >= 0.6 is 23.2 Å². The third-order valence-electron chi connectivity index (χ3n) is 6.36. The van der Waals surface area contributed by atoms with Gasteiger partial charge in [-0.3, -0.25) is 9.69 Å². The Hall–Kier alpha value is -1.75. The van der Waals surface area contributed by atoms with Crippen molar-refractivity contribution in [2.24, 2.45) is 0 Å². The van der Waals surface area contributed by atoms with Crippen molar-refractivity contribution in [2.45, 2.75) is 44.2 Å². The van der Waals surface area contributed by atoms with Crippen LogP contribution in [0.5, 0.6) is 5.75 Å². The fourth-order valence-corrected chi connectivity index (χ4v) is 5.10. The minimum atomic E-state index is -0.0352. The van der Waals surface area contributed by atoms with E-state index < -0.39 is 0 Å². The molecule has 2 aliphatic rings. The van der Waals surface area contributed by atoms with Crippen molar-refractivity contribution in [3.63, 3.8) is 0 Å². The summed E-state index contributed by atoms with van der Waals surface area (Å²) >= 11 is 12.0. The molecule has 1 aliphatic heterocycles. The van der Waals surface area contributed by atoms with Crippen LogP contribution in [0.1, 0.15) is 42.9 Å². The number of benzene rings is 2. The van der Waals surface area contributed by atoms with Crippen LogP contribution in [0, 0.1) is 0 Å². The molecule has 2 aromatic carbocycles. The first-order chi connectivity index (χ1) is 14.5. The molecular weight excluding hydrogens is 419 g/mol. The molecule has 0 radical (unpaired) electrons. The molecule has 1 saturated heterocycles. The SMILES string of the molecule is CN(C(=O)COc1ccc(Cl)c(Cl)c1)[C@H]1c2ccccc2CCC[C@@H]1N1CCCC1. The summed E-state index contributed by atoms with van der Waals surface area (Å²) in [6.07, 6.45) is 5.80. The number of carbonyl (C=O) groups is 1. The van der Waals surface area contributed by atoms with Crippen LogP contribution in [-0.2, 0) is 11.2 Å². The maximum absolute atomic E-state index is 13.2. The Morgan fingerprint density at radius 1 is 1.10 bits per heavy atom. The fourth-order valence-electron chi connectivity index (χ4n) is 4.81. The lowest BCUT2D eigenvalue weighted by atomic mass is 9.94. The highest BCUT2D eigenvalue weighted by Crippen LogP contribution is 2.37. The highest BCUT2D eigenvalue weighted by molar-refractivity contribution is 6.42. The zero-order valence-electron chi connectivity index (χ0n) is 17.3. The predicted octanol–water partition coefficient (Wildman–Crippen LogP) is 5.37. The maximum atomic E-state index is 13.2. The second kappa shape index (κ2) is 9.59. The Bertz CT molecular complexity index is 899. The minimum absolute atomic E-state index is 0.0279. The molecule has 1 aliphatic carbocycles. The number of amides is 1. The van der Waals surface area contributed by atoms with Gasteiger partial charge in [0.1, 0.15) is 5.75 Å². The van der Waals surface area contributed by atoms with Gasteiger partial charge in [0.15, 0.2) is 6.61 Å². The molecule has 6 heteroatoms. The molecule has 0 N–H and O–H groups in total. The van der Waals surface area contributed by atoms with E-state index >= 15 is 0 Å². The van der Waals surface area contributed by atoms with E-state index in [1.165, 1.54) is 24.0 Å². The first-order valence-corrected chi connectivity index (χ1v) is 11.5. The predicted molar refractivity (Wildman–Crippen MR) is 121 cm³/mol. The number of hydrogen-bond acceptors (Lipinski definition) is 3. The number of halogens is 2. The zero-order chi connectivity index (χ0) is 21.1. The monoisotopic (exact) mass is 446 g/mol. The summed E-state index contributed by atoms with van der Waals surface area (Å²) in [7, 11) is 1.91. The molecule has 4 rings (SSSR count). The van der Waals surface area contributed by atoms with Crippen LogP contribution < -0.4 is 4.74 Å². The summed E-state index contributed by atoms with van der Waals surface area (Å²) in [5.74, 6) is 0.510. The van der Waals surface area contributed by atoms with E-state index in [4.69, 9.17) is 27.9 Å². The van der Waals surface area contributed by atoms with E-state index in [0.29, 0.717) is 21.8 Å². The van der Waals surface area contributed by atoms with Crippen molar-refractivity contribution in [1.82, 2.24) is 9.80 Å². The summed E-state index contributed by atoms with van der Waals surface area (Å²) < 4.78 is 5.75. The van der Waals surface area contributed by atoms with Gasteiger partial charge in [-0.1, -0.05) is 47.5 Å². The molecule has 2 aromatic rings. The third kappa shape index (κ3) is 4.61. The lowest BCUT2D eigenvalue weighted by Crippen LogP contribution is -2.47. The van der Waals surface area contributed by atoms with Gasteiger partial charge in [-0.2, -0.15) is 0 Å². The fraction of sp³-hybridized carbons (Fsp3) is 0.458. The number of carbonyl (C=O) groups excluding carboxylic acids is 1. The molecule has 0 unspecified atom stereocenters. The van der Waals surface area contributed by atoms with Gasteiger partial charge in [0.2, 0.25) is 0 Å². The highest BCUT2D eigenvalue weighted by atomic mass is 35.5. The van der Waals surface area contributed by atoms with Gasteiger partial charge in [-0.05, 0) is 68.5 Å². The Kier molecular flexibility index (Phi) is 6.87. The van der Waals surface area contributed by atoms with Gasteiger partial charge < -0.3 is 9.64 Å². The zero-order valence-corrected chi connectivity index (χ0v) is 18.8. The van der Waals surface area contributed by atoms with E-state index in [1.54, 1.807) is 18.2 Å². The molecule has 0 aromatic heterocycles. The molecule has 1 heterocycles. The van der Waals surface area contributed by atoms with Gasteiger partial charge in [-0.15, -0.1) is 0 Å².